The first-order valence-electron chi connectivity index (χ1n) is 10.2. The molecule has 33 heavy (non-hydrogen) atoms. The summed E-state index contributed by atoms with van der Waals surface area (Å²) in [7, 11) is 0. The van der Waals surface area contributed by atoms with Crippen molar-refractivity contribution in [1.29, 1.82) is 5.26 Å². The molecule has 0 saturated carbocycles. The van der Waals surface area contributed by atoms with Crippen LogP contribution in [0.5, 0.6) is 0 Å². The molecule has 9 nitrogen and oxygen atoms in total. The lowest BCUT2D eigenvalue weighted by Crippen LogP contribution is -2.33. The van der Waals surface area contributed by atoms with Crippen LogP contribution in [0.2, 0.25) is 0 Å². The molecule has 1 aliphatic heterocycles. The minimum absolute atomic E-state index is 0.323. The molecule has 0 radical (unpaired) electrons. The van der Waals surface area contributed by atoms with Crippen molar-refractivity contribution >= 4 is 17.4 Å². The van der Waals surface area contributed by atoms with Crippen LogP contribution in [0.25, 0.3) is 5.65 Å². The number of anilines is 1. The van der Waals surface area contributed by atoms with E-state index < -0.39 is 6.03 Å². The standard InChI is InChI=1S/C24H17N7O2/c25-13-18-11-19(15-26-14-18)22-8-10-33-31(22)24(32)29-20-4-1-3-17(12-20)6-7-21-16-27-23-5-2-9-28-30(21)23/h1-5,9,11-12,14-16,22H,8,10H2,(H,29,32)/t22-/m0/s1. The highest BCUT2D eigenvalue weighted by atomic mass is 16.7. The third kappa shape index (κ3) is 4.22. The molecule has 2 amide bonds. The van der Waals surface area contributed by atoms with E-state index in [0.29, 0.717) is 30.0 Å². The molecule has 0 aliphatic carbocycles. The van der Waals surface area contributed by atoms with Gasteiger partial charge in [0.25, 0.3) is 0 Å². The van der Waals surface area contributed by atoms with E-state index in [9.17, 15) is 4.79 Å². The van der Waals surface area contributed by atoms with Crippen molar-refractivity contribution in [2.75, 3.05) is 11.9 Å². The first-order chi connectivity index (χ1) is 16.2. The van der Waals surface area contributed by atoms with Crippen LogP contribution in [0.1, 0.15) is 34.8 Å². The predicted octanol–water partition coefficient (Wildman–Crippen LogP) is 3.31. The largest absolute Gasteiger partial charge is 0.346 e. The predicted molar refractivity (Wildman–Crippen MR) is 119 cm³/mol. The number of carbonyl (C=O) groups excluding carboxylic acids is 1. The smallest absolute Gasteiger partial charge is 0.306 e. The second-order valence-electron chi connectivity index (χ2n) is 7.28. The average Bonchev–Trinajstić information content (AvgIpc) is 3.51. The number of urea groups is 1. The van der Waals surface area contributed by atoms with Gasteiger partial charge in [-0.05, 0) is 47.9 Å². The van der Waals surface area contributed by atoms with E-state index in [0.717, 1.165) is 16.8 Å². The Balaban J connectivity index is 1.32. The third-order valence-corrected chi connectivity index (χ3v) is 5.10. The number of rotatable bonds is 2. The number of pyridine rings is 1. The number of nitrogens with zero attached hydrogens (tertiary/aromatic N) is 6. The van der Waals surface area contributed by atoms with Gasteiger partial charge in [0.15, 0.2) is 5.65 Å². The van der Waals surface area contributed by atoms with Gasteiger partial charge < -0.3 is 5.32 Å². The van der Waals surface area contributed by atoms with Gasteiger partial charge in [-0.2, -0.15) is 15.4 Å². The molecule has 4 aromatic rings. The van der Waals surface area contributed by atoms with Crippen LogP contribution in [-0.4, -0.2) is 37.3 Å². The van der Waals surface area contributed by atoms with Crippen molar-refractivity contribution in [3.63, 3.8) is 0 Å². The van der Waals surface area contributed by atoms with E-state index >= 15 is 0 Å². The molecule has 1 atom stereocenters. The van der Waals surface area contributed by atoms with Gasteiger partial charge in [0.2, 0.25) is 0 Å². The minimum atomic E-state index is -0.407. The van der Waals surface area contributed by atoms with Crippen molar-refractivity contribution in [3.05, 3.63) is 89.6 Å². The van der Waals surface area contributed by atoms with Gasteiger partial charge >= 0.3 is 6.03 Å². The maximum Gasteiger partial charge on any atom is 0.346 e. The first kappa shape index (κ1) is 20.2. The average molecular weight is 435 g/mol. The number of hydroxylamine groups is 2. The summed E-state index contributed by atoms with van der Waals surface area (Å²) < 4.78 is 1.67. The molecule has 1 fully saturated rings. The number of fused-ring (bicyclic) bond motifs is 1. The van der Waals surface area contributed by atoms with Crippen LogP contribution in [0.4, 0.5) is 10.5 Å². The molecule has 1 aliphatic rings. The Kier molecular flexibility index (Phi) is 5.38. The van der Waals surface area contributed by atoms with E-state index in [1.807, 2.05) is 24.3 Å². The Morgan fingerprint density at radius 3 is 2.97 bits per heavy atom. The fourth-order valence-corrected chi connectivity index (χ4v) is 3.58. The molecule has 1 saturated heterocycles. The minimum Gasteiger partial charge on any atom is -0.306 e. The number of nitrogens with one attached hydrogen (secondary N) is 1. The van der Waals surface area contributed by atoms with Crippen molar-refractivity contribution < 1.29 is 9.63 Å². The lowest BCUT2D eigenvalue weighted by atomic mass is 10.1. The highest BCUT2D eigenvalue weighted by Gasteiger charge is 2.32. The van der Waals surface area contributed by atoms with Crippen molar-refractivity contribution in [2.24, 2.45) is 0 Å². The Labute approximate surface area is 189 Å². The van der Waals surface area contributed by atoms with Crippen molar-refractivity contribution in [1.82, 2.24) is 24.6 Å². The van der Waals surface area contributed by atoms with Gasteiger partial charge in [-0.25, -0.2) is 14.3 Å². The van der Waals surface area contributed by atoms with Gasteiger partial charge in [-0.3, -0.25) is 9.82 Å². The second-order valence-corrected chi connectivity index (χ2v) is 7.28. The van der Waals surface area contributed by atoms with E-state index in [-0.39, 0.29) is 6.04 Å². The Bertz CT molecular complexity index is 1440. The number of aromatic nitrogens is 4. The summed E-state index contributed by atoms with van der Waals surface area (Å²) in [5, 5.41) is 17.5. The summed E-state index contributed by atoms with van der Waals surface area (Å²) in [6, 6.07) is 14.0. The lowest BCUT2D eigenvalue weighted by Gasteiger charge is -2.23. The molecular weight excluding hydrogens is 418 g/mol. The highest BCUT2D eigenvalue weighted by Crippen LogP contribution is 2.30. The number of hydrogen-bond donors (Lipinski definition) is 1. The van der Waals surface area contributed by atoms with Crippen molar-refractivity contribution in [3.8, 4) is 17.9 Å². The summed E-state index contributed by atoms with van der Waals surface area (Å²) in [5.74, 6) is 6.15. The normalized spacial score (nSPS) is 15.0. The number of imidazole rings is 1. The fraction of sp³-hybridized carbons (Fsp3) is 0.125. The quantitative estimate of drug-likeness (QED) is 0.484. The summed E-state index contributed by atoms with van der Waals surface area (Å²) in [5.41, 5.74) is 3.89. The number of hydrogen-bond acceptors (Lipinski definition) is 6. The monoisotopic (exact) mass is 435 g/mol. The van der Waals surface area contributed by atoms with Crippen LogP contribution in [-0.2, 0) is 4.84 Å². The molecule has 4 heterocycles. The zero-order valence-electron chi connectivity index (χ0n) is 17.3. The molecule has 0 bridgehead atoms. The molecule has 1 aromatic carbocycles. The maximum atomic E-state index is 12.9. The van der Waals surface area contributed by atoms with E-state index in [1.54, 1.807) is 41.3 Å². The van der Waals surface area contributed by atoms with Gasteiger partial charge in [0.1, 0.15) is 11.8 Å². The first-order valence-corrected chi connectivity index (χ1v) is 10.2. The summed E-state index contributed by atoms with van der Waals surface area (Å²) in [6.07, 6.45) is 7.09. The molecule has 0 spiro atoms. The number of amides is 2. The van der Waals surface area contributed by atoms with Crippen LogP contribution in [0.3, 0.4) is 0 Å². The summed E-state index contributed by atoms with van der Waals surface area (Å²) in [6.45, 7) is 0.397. The Morgan fingerprint density at radius 1 is 1.12 bits per heavy atom. The Hall–Kier alpha value is -4.73. The van der Waals surface area contributed by atoms with Crippen LogP contribution in [0, 0.1) is 23.2 Å². The molecule has 5 rings (SSSR count). The lowest BCUT2D eigenvalue weighted by molar-refractivity contribution is -0.0830. The van der Waals surface area contributed by atoms with Crippen LogP contribution in [0.15, 0.2) is 67.3 Å². The Morgan fingerprint density at radius 2 is 2.06 bits per heavy atom. The van der Waals surface area contributed by atoms with Crippen LogP contribution >= 0.6 is 0 Å². The molecular formula is C24H17N7O2. The molecule has 3 aromatic heterocycles. The zero-order valence-corrected chi connectivity index (χ0v) is 17.3. The fourth-order valence-electron chi connectivity index (χ4n) is 3.58. The molecule has 1 N–H and O–H groups in total. The summed E-state index contributed by atoms with van der Waals surface area (Å²) >= 11 is 0. The van der Waals surface area contributed by atoms with E-state index in [4.69, 9.17) is 10.1 Å². The van der Waals surface area contributed by atoms with Gasteiger partial charge in [0.05, 0.1) is 24.4 Å². The van der Waals surface area contributed by atoms with Gasteiger partial charge in [-0.1, -0.05) is 12.0 Å². The SMILES string of the molecule is N#Cc1cncc([C@@H]2CCON2C(=O)Nc2cccc(C#Cc3cnc4cccnn34)c2)c1. The topological polar surface area (TPSA) is 108 Å². The third-order valence-electron chi connectivity index (χ3n) is 5.10. The number of benzene rings is 1. The zero-order chi connectivity index (χ0) is 22.6. The van der Waals surface area contributed by atoms with Gasteiger partial charge in [-0.15, -0.1) is 0 Å². The highest BCUT2D eigenvalue weighted by molar-refractivity contribution is 5.89. The molecule has 9 heteroatoms. The second kappa shape index (κ2) is 8.79. The van der Waals surface area contributed by atoms with E-state index in [1.165, 1.54) is 11.3 Å². The van der Waals surface area contributed by atoms with Crippen LogP contribution < -0.4 is 5.32 Å². The maximum absolute atomic E-state index is 12.9. The molecule has 160 valence electrons. The van der Waals surface area contributed by atoms with Crippen molar-refractivity contribution in [2.45, 2.75) is 12.5 Å². The summed E-state index contributed by atoms with van der Waals surface area (Å²) in [4.78, 5) is 26.8. The van der Waals surface area contributed by atoms with Gasteiger partial charge in [0, 0.05) is 36.3 Å². The number of nitriles is 1. The molecule has 0 unspecified atom stereocenters. The van der Waals surface area contributed by atoms with E-state index in [2.05, 4.69) is 38.3 Å². The number of carbonyl (C=O) groups is 1.